The van der Waals surface area contributed by atoms with Crippen LogP contribution >= 0.6 is 50.7 Å². The molecule has 0 radical (unpaired) electrons. The van der Waals surface area contributed by atoms with Crippen LogP contribution < -0.4 is 19.5 Å². The monoisotopic (exact) mass is 761 g/mol. The van der Waals surface area contributed by atoms with Crippen LogP contribution in [-0.4, -0.2) is 45.9 Å². The average Bonchev–Trinajstić information content (AvgIpc) is 3.08. The van der Waals surface area contributed by atoms with Gasteiger partial charge in [0.25, 0.3) is 0 Å². The molecule has 0 amide bonds. The predicted molar refractivity (Wildman–Crippen MR) is 189 cm³/mol. The van der Waals surface area contributed by atoms with Gasteiger partial charge in [0, 0.05) is 57.6 Å². The first-order valence-electron chi connectivity index (χ1n) is 14.8. The molecule has 1 heterocycles. The summed E-state index contributed by atoms with van der Waals surface area (Å²) in [6, 6.07) is 16.5. The molecule has 0 saturated heterocycles. The number of rotatable bonds is 16. The van der Waals surface area contributed by atoms with E-state index in [1.807, 2.05) is 31.2 Å². The third-order valence-corrected chi connectivity index (χ3v) is 9.08. The number of alkyl halides is 1. The topological polar surface area (TPSA) is 117 Å². The van der Waals surface area contributed by atoms with E-state index in [0.29, 0.717) is 61.0 Å². The summed E-state index contributed by atoms with van der Waals surface area (Å²) < 4.78 is 18.4. The van der Waals surface area contributed by atoms with Crippen molar-refractivity contribution in [2.24, 2.45) is 0 Å². The largest absolute Gasteiger partial charge is 0.493 e. The molecular formula is C35H35BrCl3N3O5. The van der Waals surface area contributed by atoms with Crippen molar-refractivity contribution in [1.82, 2.24) is 10.3 Å². The number of nitrogens with one attached hydrogen (secondary N) is 1. The van der Waals surface area contributed by atoms with Gasteiger partial charge in [-0.15, -0.1) is 0 Å². The van der Waals surface area contributed by atoms with Gasteiger partial charge in [-0.1, -0.05) is 68.9 Å². The highest BCUT2D eigenvalue weighted by atomic mass is 79.9. The fourth-order valence-electron chi connectivity index (χ4n) is 4.61. The van der Waals surface area contributed by atoms with E-state index in [9.17, 15) is 15.5 Å². The SMILES string of the molecule is Cc1c(OCCCBr)cccc1-c1c(Cl)ccc(COc2cc(OCc3cncc(C#N)c3)c(CNC(C)(CO)CO)cc2Cl)c1Cl. The summed E-state index contributed by atoms with van der Waals surface area (Å²) in [6.45, 7) is 4.14. The lowest BCUT2D eigenvalue weighted by Crippen LogP contribution is -2.48. The van der Waals surface area contributed by atoms with Crippen molar-refractivity contribution in [3.05, 3.63) is 104 Å². The third-order valence-electron chi connectivity index (χ3n) is 7.48. The molecule has 0 unspecified atom stereocenters. The van der Waals surface area contributed by atoms with Crippen LogP contribution in [0.15, 0.2) is 60.9 Å². The zero-order chi connectivity index (χ0) is 34.0. The minimum atomic E-state index is -0.926. The second-order valence-corrected chi connectivity index (χ2v) is 13.1. The number of ether oxygens (including phenoxy) is 3. The summed E-state index contributed by atoms with van der Waals surface area (Å²) in [6.07, 6.45) is 3.97. The molecule has 4 rings (SSSR count). The second-order valence-electron chi connectivity index (χ2n) is 11.1. The molecular weight excluding hydrogens is 729 g/mol. The molecule has 0 fully saturated rings. The lowest BCUT2D eigenvalue weighted by molar-refractivity contribution is 0.103. The maximum atomic E-state index is 9.76. The molecule has 0 atom stereocenters. The maximum absolute atomic E-state index is 9.76. The zero-order valence-electron chi connectivity index (χ0n) is 26.0. The summed E-state index contributed by atoms with van der Waals surface area (Å²) in [5.41, 5.74) is 4.01. The van der Waals surface area contributed by atoms with Crippen LogP contribution in [0.3, 0.4) is 0 Å². The zero-order valence-corrected chi connectivity index (χ0v) is 29.8. The molecule has 3 aromatic carbocycles. The van der Waals surface area contributed by atoms with E-state index in [0.717, 1.165) is 28.6 Å². The molecule has 4 aromatic rings. The Kier molecular flexibility index (Phi) is 13.6. The van der Waals surface area contributed by atoms with E-state index in [4.69, 9.17) is 49.0 Å². The van der Waals surface area contributed by atoms with Crippen LogP contribution in [0.4, 0.5) is 0 Å². The second kappa shape index (κ2) is 17.4. The van der Waals surface area contributed by atoms with Gasteiger partial charge >= 0.3 is 0 Å². The Hall–Kier alpha value is -3.07. The van der Waals surface area contributed by atoms with E-state index in [1.54, 1.807) is 37.4 Å². The Morgan fingerprint density at radius 1 is 0.915 bits per heavy atom. The molecule has 8 nitrogen and oxygen atoms in total. The highest BCUT2D eigenvalue weighted by Gasteiger charge is 2.23. The quantitative estimate of drug-likeness (QED) is 0.0776. The summed E-state index contributed by atoms with van der Waals surface area (Å²) >= 11 is 23.8. The fraction of sp³-hybridized carbons (Fsp3) is 0.314. The molecule has 0 aliphatic carbocycles. The van der Waals surface area contributed by atoms with Crippen LogP contribution in [0.5, 0.6) is 17.2 Å². The van der Waals surface area contributed by atoms with Crippen LogP contribution in [0.25, 0.3) is 11.1 Å². The van der Waals surface area contributed by atoms with Crippen molar-refractivity contribution in [2.75, 3.05) is 25.2 Å². The Morgan fingerprint density at radius 2 is 1.68 bits per heavy atom. The molecule has 0 aliphatic rings. The van der Waals surface area contributed by atoms with Crippen LogP contribution in [-0.2, 0) is 19.8 Å². The Balaban J connectivity index is 1.61. The normalized spacial score (nSPS) is 11.3. The number of hydrogen-bond acceptors (Lipinski definition) is 8. The average molecular weight is 764 g/mol. The van der Waals surface area contributed by atoms with Gasteiger partial charge in [0.1, 0.15) is 36.5 Å². The van der Waals surface area contributed by atoms with Gasteiger partial charge in [0.05, 0.1) is 41.0 Å². The highest BCUT2D eigenvalue weighted by Crippen LogP contribution is 2.41. The van der Waals surface area contributed by atoms with Gasteiger partial charge in [-0.05, 0) is 55.7 Å². The van der Waals surface area contributed by atoms with Gasteiger partial charge in [0.2, 0.25) is 0 Å². The highest BCUT2D eigenvalue weighted by molar-refractivity contribution is 9.09. The molecule has 248 valence electrons. The van der Waals surface area contributed by atoms with Gasteiger partial charge in [-0.25, -0.2) is 0 Å². The van der Waals surface area contributed by atoms with Crippen molar-refractivity contribution in [1.29, 1.82) is 5.26 Å². The number of hydrogen-bond donors (Lipinski definition) is 3. The molecule has 12 heteroatoms. The Labute approximate surface area is 298 Å². The van der Waals surface area contributed by atoms with Crippen molar-refractivity contribution < 1.29 is 24.4 Å². The summed E-state index contributed by atoms with van der Waals surface area (Å²) in [5.74, 6) is 1.57. The van der Waals surface area contributed by atoms with E-state index in [1.165, 1.54) is 6.20 Å². The molecule has 47 heavy (non-hydrogen) atoms. The van der Waals surface area contributed by atoms with E-state index < -0.39 is 5.54 Å². The lowest BCUT2D eigenvalue weighted by Gasteiger charge is -2.27. The summed E-state index contributed by atoms with van der Waals surface area (Å²) in [7, 11) is 0. The number of pyridine rings is 1. The summed E-state index contributed by atoms with van der Waals surface area (Å²) in [5, 5.41) is 34.0. The maximum Gasteiger partial charge on any atom is 0.142 e. The molecule has 0 bridgehead atoms. The van der Waals surface area contributed by atoms with E-state index >= 15 is 0 Å². The smallest absolute Gasteiger partial charge is 0.142 e. The van der Waals surface area contributed by atoms with Crippen molar-refractivity contribution in [3.63, 3.8) is 0 Å². The molecule has 0 spiro atoms. The van der Waals surface area contributed by atoms with Crippen molar-refractivity contribution in [3.8, 4) is 34.4 Å². The number of nitriles is 1. The molecule has 0 aliphatic heterocycles. The van der Waals surface area contributed by atoms with E-state index in [2.05, 4.69) is 32.3 Å². The van der Waals surface area contributed by atoms with Gasteiger partial charge in [0.15, 0.2) is 0 Å². The number of aromatic nitrogens is 1. The Bertz CT molecular complexity index is 1730. The van der Waals surface area contributed by atoms with Crippen molar-refractivity contribution in [2.45, 2.75) is 45.6 Å². The third kappa shape index (κ3) is 9.52. The van der Waals surface area contributed by atoms with Crippen LogP contribution in [0, 0.1) is 18.3 Å². The van der Waals surface area contributed by atoms with Crippen LogP contribution in [0.2, 0.25) is 15.1 Å². The van der Waals surface area contributed by atoms with Gasteiger partial charge in [-0.2, -0.15) is 5.26 Å². The first kappa shape index (κ1) is 36.8. The van der Waals surface area contributed by atoms with Gasteiger partial charge < -0.3 is 29.7 Å². The minimum Gasteiger partial charge on any atom is -0.493 e. The fourth-order valence-corrected chi connectivity index (χ4v) is 5.70. The number of benzene rings is 3. The number of halogens is 4. The van der Waals surface area contributed by atoms with Crippen molar-refractivity contribution >= 4 is 50.7 Å². The predicted octanol–water partition coefficient (Wildman–Crippen LogP) is 8.04. The van der Waals surface area contributed by atoms with E-state index in [-0.39, 0.29) is 33.0 Å². The summed E-state index contributed by atoms with van der Waals surface area (Å²) in [4.78, 5) is 4.10. The lowest BCUT2D eigenvalue weighted by atomic mass is 9.98. The number of aliphatic hydroxyl groups excluding tert-OH is 2. The first-order valence-corrected chi connectivity index (χ1v) is 17.0. The minimum absolute atomic E-state index is 0.0848. The number of aliphatic hydroxyl groups is 2. The molecule has 3 N–H and O–H groups in total. The first-order chi connectivity index (χ1) is 22.6. The van der Waals surface area contributed by atoms with Crippen LogP contribution in [0.1, 0.15) is 41.2 Å². The molecule has 1 aromatic heterocycles. The standard InChI is InChI=1S/C35H35BrCl3N3O5/c1-22-27(5-3-6-30(22)45-10-4-9-36)33-28(37)8-7-25(34(33)39)19-47-32-13-31(46-18-24-11-23(14-40)15-41-16-24)26(12-29(32)38)17-42-35(2,20-43)21-44/h3,5-8,11-13,15-16,42-44H,4,9-10,17-21H2,1-2H3. The number of nitrogens with zero attached hydrogens (tertiary/aromatic N) is 2. The Morgan fingerprint density at radius 3 is 2.40 bits per heavy atom. The van der Waals surface area contributed by atoms with Gasteiger partial charge in [-0.3, -0.25) is 4.98 Å². The molecule has 0 saturated carbocycles.